The molecule has 0 saturated carbocycles. The van der Waals surface area contributed by atoms with Gasteiger partial charge in [-0.1, -0.05) is 0 Å². The monoisotopic (exact) mass is 433 g/mol. The Hall–Kier alpha value is -2.19. The molecule has 1 aromatic heterocycles. The summed E-state index contributed by atoms with van der Waals surface area (Å²) >= 11 is 1.46. The van der Waals surface area contributed by atoms with E-state index in [0.29, 0.717) is 35.5 Å². The fraction of sp³-hybridized carbons (Fsp3) is 0.429. The van der Waals surface area contributed by atoms with Crippen LogP contribution in [0.15, 0.2) is 24.3 Å². The predicted molar refractivity (Wildman–Crippen MR) is 113 cm³/mol. The van der Waals surface area contributed by atoms with E-state index in [2.05, 4.69) is 0 Å². The molecular formula is C21H23NO5S2. The van der Waals surface area contributed by atoms with Crippen LogP contribution in [0.5, 0.6) is 0 Å². The first-order valence-corrected chi connectivity index (χ1v) is 12.4. The van der Waals surface area contributed by atoms with Gasteiger partial charge in [0, 0.05) is 17.0 Å². The van der Waals surface area contributed by atoms with Crippen molar-refractivity contribution in [2.24, 2.45) is 0 Å². The fourth-order valence-electron chi connectivity index (χ4n) is 3.96. The maximum atomic E-state index is 12.5. The standard InChI is InChI=1S/C21H23NO5S2/c1-29(25,26)22-10-4-6-14-11-15(8-9-17(14)22)18(23)13-27-21(24)20-12-16-5-2-3-7-19(16)28-20/h8-9,11-12H,2-7,10,13H2,1H3. The van der Waals surface area contributed by atoms with Crippen LogP contribution < -0.4 is 4.31 Å². The van der Waals surface area contributed by atoms with Crippen LogP contribution in [0.2, 0.25) is 0 Å². The van der Waals surface area contributed by atoms with E-state index in [1.54, 1.807) is 18.2 Å². The van der Waals surface area contributed by atoms with Gasteiger partial charge in [-0.25, -0.2) is 13.2 Å². The van der Waals surface area contributed by atoms with Crippen LogP contribution in [0.3, 0.4) is 0 Å². The molecule has 1 aliphatic heterocycles. The number of esters is 1. The Labute approximate surface area is 174 Å². The number of anilines is 1. The summed E-state index contributed by atoms with van der Waals surface area (Å²) in [6.45, 7) is 0.123. The zero-order valence-corrected chi connectivity index (χ0v) is 17.9. The number of benzene rings is 1. The molecule has 1 aromatic carbocycles. The average Bonchev–Trinajstić information content (AvgIpc) is 3.14. The van der Waals surface area contributed by atoms with Crippen molar-refractivity contribution in [3.05, 3.63) is 50.7 Å². The summed E-state index contributed by atoms with van der Waals surface area (Å²) in [5.41, 5.74) is 3.10. The van der Waals surface area contributed by atoms with Gasteiger partial charge in [-0.3, -0.25) is 9.10 Å². The molecule has 1 aliphatic carbocycles. The maximum absolute atomic E-state index is 12.5. The Morgan fingerprint density at radius 3 is 2.59 bits per heavy atom. The van der Waals surface area contributed by atoms with E-state index in [0.717, 1.165) is 31.2 Å². The number of carbonyl (C=O) groups is 2. The van der Waals surface area contributed by atoms with Gasteiger partial charge in [0.05, 0.1) is 11.9 Å². The zero-order chi connectivity index (χ0) is 20.6. The topological polar surface area (TPSA) is 80.8 Å². The first-order valence-electron chi connectivity index (χ1n) is 9.75. The first-order chi connectivity index (χ1) is 13.8. The second-order valence-corrected chi connectivity index (χ2v) is 10.6. The van der Waals surface area contributed by atoms with Crippen molar-refractivity contribution in [3.63, 3.8) is 0 Å². The van der Waals surface area contributed by atoms with Crippen molar-refractivity contribution in [1.82, 2.24) is 0 Å². The highest BCUT2D eigenvalue weighted by atomic mass is 32.2. The number of thiophene rings is 1. The highest BCUT2D eigenvalue weighted by Crippen LogP contribution is 2.31. The lowest BCUT2D eigenvalue weighted by Crippen LogP contribution is -2.34. The van der Waals surface area contributed by atoms with Gasteiger partial charge in [0.2, 0.25) is 10.0 Å². The minimum atomic E-state index is -3.35. The van der Waals surface area contributed by atoms with E-state index in [1.807, 2.05) is 6.07 Å². The van der Waals surface area contributed by atoms with Crippen LogP contribution >= 0.6 is 11.3 Å². The predicted octanol–water partition coefficient (Wildman–Crippen LogP) is 3.38. The summed E-state index contributed by atoms with van der Waals surface area (Å²) in [6, 6.07) is 6.87. The second kappa shape index (κ2) is 7.91. The van der Waals surface area contributed by atoms with Crippen molar-refractivity contribution in [3.8, 4) is 0 Å². The van der Waals surface area contributed by atoms with E-state index >= 15 is 0 Å². The van der Waals surface area contributed by atoms with Gasteiger partial charge < -0.3 is 4.74 Å². The van der Waals surface area contributed by atoms with E-state index < -0.39 is 16.0 Å². The van der Waals surface area contributed by atoms with Crippen LogP contribution in [0, 0.1) is 0 Å². The molecule has 154 valence electrons. The maximum Gasteiger partial charge on any atom is 0.348 e. The molecule has 2 aliphatic rings. The Bertz CT molecular complexity index is 1050. The Morgan fingerprint density at radius 1 is 1.07 bits per heavy atom. The second-order valence-electron chi connectivity index (χ2n) is 7.55. The lowest BCUT2D eigenvalue weighted by molar-refractivity contribution is 0.0479. The highest BCUT2D eigenvalue weighted by molar-refractivity contribution is 7.92. The molecule has 0 radical (unpaired) electrons. The number of aryl methyl sites for hydroxylation is 3. The van der Waals surface area contributed by atoms with Crippen LogP contribution in [-0.4, -0.2) is 39.6 Å². The third kappa shape index (κ3) is 4.23. The smallest absolute Gasteiger partial charge is 0.348 e. The number of nitrogens with zero attached hydrogens (tertiary/aromatic N) is 1. The van der Waals surface area contributed by atoms with Crippen LogP contribution in [0.1, 0.15) is 55.3 Å². The van der Waals surface area contributed by atoms with Gasteiger partial charge in [-0.15, -0.1) is 11.3 Å². The van der Waals surface area contributed by atoms with Crippen molar-refractivity contribution in [1.29, 1.82) is 0 Å². The number of hydrogen-bond acceptors (Lipinski definition) is 6. The number of ketones is 1. The van der Waals surface area contributed by atoms with Crippen molar-refractivity contribution in [2.45, 2.75) is 38.5 Å². The van der Waals surface area contributed by atoms with Crippen LogP contribution in [-0.2, 0) is 34.0 Å². The van der Waals surface area contributed by atoms with Gasteiger partial charge >= 0.3 is 5.97 Å². The van der Waals surface area contributed by atoms with Crippen molar-refractivity contribution >= 4 is 38.8 Å². The van der Waals surface area contributed by atoms with E-state index in [1.165, 1.54) is 32.3 Å². The quantitative estimate of drug-likeness (QED) is 0.533. The molecule has 6 nitrogen and oxygen atoms in total. The number of fused-ring (bicyclic) bond motifs is 2. The Kier molecular flexibility index (Phi) is 5.48. The summed E-state index contributed by atoms with van der Waals surface area (Å²) < 4.78 is 30.5. The lowest BCUT2D eigenvalue weighted by atomic mass is 9.99. The number of hydrogen-bond donors (Lipinski definition) is 0. The number of sulfonamides is 1. The van der Waals surface area contributed by atoms with E-state index in [9.17, 15) is 18.0 Å². The molecule has 0 saturated heterocycles. The number of ether oxygens (including phenoxy) is 1. The molecule has 0 fully saturated rings. The van der Waals surface area contributed by atoms with Crippen LogP contribution in [0.4, 0.5) is 5.69 Å². The number of Topliss-reactive ketones (excluding diaryl/α,β-unsaturated/α-hetero) is 1. The summed E-state index contributed by atoms with van der Waals surface area (Å²) in [4.78, 5) is 26.7. The average molecular weight is 434 g/mol. The van der Waals surface area contributed by atoms with Gasteiger partial charge in [0.25, 0.3) is 0 Å². The molecule has 0 bridgehead atoms. The molecule has 0 amide bonds. The molecule has 2 aromatic rings. The van der Waals surface area contributed by atoms with Gasteiger partial charge in [0.1, 0.15) is 4.88 Å². The Morgan fingerprint density at radius 2 is 1.83 bits per heavy atom. The molecule has 29 heavy (non-hydrogen) atoms. The third-order valence-electron chi connectivity index (χ3n) is 5.41. The highest BCUT2D eigenvalue weighted by Gasteiger charge is 2.25. The summed E-state index contributed by atoms with van der Waals surface area (Å²) in [5.74, 6) is -0.752. The van der Waals surface area contributed by atoms with Gasteiger partial charge in [-0.05, 0) is 73.9 Å². The minimum Gasteiger partial charge on any atom is -0.453 e. The largest absolute Gasteiger partial charge is 0.453 e. The van der Waals surface area contributed by atoms with Crippen molar-refractivity contribution in [2.75, 3.05) is 23.7 Å². The lowest BCUT2D eigenvalue weighted by Gasteiger charge is -2.29. The van der Waals surface area contributed by atoms with Gasteiger partial charge in [-0.2, -0.15) is 0 Å². The fourth-order valence-corrected chi connectivity index (χ4v) is 6.10. The third-order valence-corrected chi connectivity index (χ3v) is 7.81. The molecule has 0 N–H and O–H groups in total. The normalized spacial score (nSPS) is 16.1. The molecule has 0 atom stereocenters. The molecular weight excluding hydrogens is 410 g/mol. The first kappa shape index (κ1) is 20.1. The molecule has 8 heteroatoms. The molecule has 2 heterocycles. The minimum absolute atomic E-state index is 0.293. The Balaban J connectivity index is 1.44. The van der Waals surface area contributed by atoms with Gasteiger partial charge in [0.15, 0.2) is 12.4 Å². The van der Waals surface area contributed by atoms with Crippen molar-refractivity contribution < 1.29 is 22.7 Å². The van der Waals surface area contributed by atoms with E-state index in [4.69, 9.17) is 4.74 Å². The molecule has 0 unspecified atom stereocenters. The summed E-state index contributed by atoms with van der Waals surface area (Å²) in [5, 5.41) is 0. The zero-order valence-electron chi connectivity index (χ0n) is 16.3. The molecule has 0 spiro atoms. The van der Waals surface area contributed by atoms with E-state index in [-0.39, 0.29) is 12.4 Å². The molecule has 4 rings (SSSR count). The SMILES string of the molecule is CS(=O)(=O)N1CCCc2cc(C(=O)COC(=O)c3cc4c(s3)CCCC4)ccc21. The van der Waals surface area contributed by atoms with Crippen LogP contribution in [0.25, 0.3) is 0 Å². The summed E-state index contributed by atoms with van der Waals surface area (Å²) in [7, 11) is -3.35. The number of rotatable bonds is 5. The number of carbonyl (C=O) groups excluding carboxylic acids is 2. The summed E-state index contributed by atoms with van der Waals surface area (Å²) in [6.07, 6.45) is 6.90.